The van der Waals surface area contributed by atoms with Crippen LogP contribution >= 0.6 is 23.7 Å². The monoisotopic (exact) mass is 376 g/mol. The largest absolute Gasteiger partial charge is 0.333 e. The van der Waals surface area contributed by atoms with Gasteiger partial charge in [0.15, 0.2) is 5.82 Å². The highest BCUT2D eigenvalue weighted by atomic mass is 35.5. The summed E-state index contributed by atoms with van der Waals surface area (Å²) in [5, 5.41) is 5.08. The normalized spacial score (nSPS) is 15.5. The van der Waals surface area contributed by atoms with Gasteiger partial charge < -0.3 is 10.3 Å². The zero-order valence-corrected chi connectivity index (χ0v) is 16.1. The molecule has 0 saturated heterocycles. The van der Waals surface area contributed by atoms with Crippen molar-refractivity contribution < 1.29 is 4.52 Å². The summed E-state index contributed by atoms with van der Waals surface area (Å²) in [5.74, 6) is 1.14. The molecule has 2 N–H and O–H groups in total. The first kappa shape index (κ1) is 18.0. The van der Waals surface area contributed by atoms with E-state index in [1.54, 1.807) is 11.3 Å². The second-order valence-electron chi connectivity index (χ2n) is 6.68. The summed E-state index contributed by atoms with van der Waals surface area (Å²) in [7, 11) is 0. The number of benzene rings is 1. The first-order valence-corrected chi connectivity index (χ1v) is 8.96. The van der Waals surface area contributed by atoms with E-state index in [1.807, 2.05) is 6.92 Å². The van der Waals surface area contributed by atoms with Gasteiger partial charge in [0.25, 0.3) is 5.89 Å². The molecular weight excluding hydrogens is 356 g/mol. The van der Waals surface area contributed by atoms with E-state index in [1.165, 1.54) is 11.1 Å². The summed E-state index contributed by atoms with van der Waals surface area (Å²) in [6.07, 6.45) is 2.96. The molecule has 0 aliphatic heterocycles. The Kier molecular flexibility index (Phi) is 4.70. The van der Waals surface area contributed by atoms with Crippen molar-refractivity contribution in [2.24, 2.45) is 5.73 Å². The molecular formula is C18H21ClN4OS. The van der Waals surface area contributed by atoms with Crippen LogP contribution in [0.1, 0.15) is 41.9 Å². The number of halogens is 1. The van der Waals surface area contributed by atoms with Crippen molar-refractivity contribution in [2.75, 3.05) is 0 Å². The molecule has 0 radical (unpaired) electrons. The van der Waals surface area contributed by atoms with Crippen molar-refractivity contribution in [3.63, 3.8) is 0 Å². The van der Waals surface area contributed by atoms with Crippen molar-refractivity contribution in [3.05, 3.63) is 40.8 Å². The molecule has 1 aliphatic rings. The molecule has 2 aromatic heterocycles. The standard InChI is InChI=1S/C18H20N4OS.ClH/c1-10-5-6-13(11(2)9-10)16-20-12(3)14(24-16)15-21-17(22-23-15)18(19)7-4-8-18;/h5-6,9H,4,7-8,19H2,1-3H3;1H. The molecule has 1 saturated carbocycles. The van der Waals surface area contributed by atoms with Crippen LogP contribution in [0.5, 0.6) is 0 Å². The lowest BCUT2D eigenvalue weighted by atomic mass is 9.77. The highest BCUT2D eigenvalue weighted by Crippen LogP contribution is 2.40. The summed E-state index contributed by atoms with van der Waals surface area (Å²) in [6.45, 7) is 6.18. The van der Waals surface area contributed by atoms with Gasteiger partial charge in [0, 0.05) is 5.56 Å². The maximum atomic E-state index is 6.29. The zero-order valence-electron chi connectivity index (χ0n) is 14.5. The number of hydrogen-bond donors (Lipinski definition) is 1. The van der Waals surface area contributed by atoms with Crippen LogP contribution in [0.25, 0.3) is 21.3 Å². The number of thiazole rings is 1. The molecule has 7 heteroatoms. The van der Waals surface area contributed by atoms with Gasteiger partial charge in [-0.15, -0.1) is 23.7 Å². The minimum atomic E-state index is -0.406. The molecule has 0 amide bonds. The summed E-state index contributed by atoms with van der Waals surface area (Å²) in [4.78, 5) is 10.2. The fourth-order valence-corrected chi connectivity index (χ4v) is 4.14. The number of aryl methyl sites for hydroxylation is 3. The van der Waals surface area contributed by atoms with Gasteiger partial charge in [0.05, 0.1) is 11.2 Å². The van der Waals surface area contributed by atoms with E-state index in [4.69, 9.17) is 15.2 Å². The average Bonchev–Trinajstić information content (AvgIpc) is 3.11. The molecule has 1 aliphatic carbocycles. The molecule has 1 aromatic carbocycles. The molecule has 5 nitrogen and oxygen atoms in total. The minimum absolute atomic E-state index is 0. The number of nitrogens with zero attached hydrogens (tertiary/aromatic N) is 3. The Balaban J connectivity index is 0.00000182. The molecule has 132 valence electrons. The molecule has 0 bridgehead atoms. The lowest BCUT2D eigenvalue weighted by Gasteiger charge is -2.34. The molecule has 3 aromatic rings. The van der Waals surface area contributed by atoms with Crippen LogP contribution in [0.2, 0.25) is 0 Å². The van der Waals surface area contributed by atoms with Crippen LogP contribution in [0.4, 0.5) is 0 Å². The topological polar surface area (TPSA) is 77.8 Å². The van der Waals surface area contributed by atoms with Crippen LogP contribution in [0.3, 0.4) is 0 Å². The predicted octanol–water partition coefficient (Wildman–Crippen LogP) is 4.55. The van der Waals surface area contributed by atoms with Gasteiger partial charge in [-0.25, -0.2) is 4.98 Å². The van der Waals surface area contributed by atoms with Gasteiger partial charge in [0.1, 0.15) is 9.88 Å². The van der Waals surface area contributed by atoms with E-state index in [9.17, 15) is 0 Å². The van der Waals surface area contributed by atoms with E-state index in [0.29, 0.717) is 11.7 Å². The van der Waals surface area contributed by atoms with Gasteiger partial charge in [-0.05, 0) is 45.6 Å². The van der Waals surface area contributed by atoms with E-state index in [2.05, 4.69) is 42.2 Å². The fourth-order valence-electron chi connectivity index (χ4n) is 3.06. The third kappa shape index (κ3) is 3.10. The lowest BCUT2D eigenvalue weighted by molar-refractivity contribution is 0.229. The van der Waals surface area contributed by atoms with E-state index >= 15 is 0 Å². The summed E-state index contributed by atoms with van der Waals surface area (Å²) in [5.41, 5.74) is 10.4. The van der Waals surface area contributed by atoms with Gasteiger partial charge in [0.2, 0.25) is 0 Å². The van der Waals surface area contributed by atoms with Crippen LogP contribution in [-0.4, -0.2) is 15.1 Å². The van der Waals surface area contributed by atoms with Crippen LogP contribution in [-0.2, 0) is 5.54 Å². The second kappa shape index (κ2) is 6.52. The number of rotatable bonds is 3. The van der Waals surface area contributed by atoms with Crippen molar-refractivity contribution in [2.45, 2.75) is 45.6 Å². The highest BCUT2D eigenvalue weighted by Gasteiger charge is 2.39. The quantitative estimate of drug-likeness (QED) is 0.725. The first-order chi connectivity index (χ1) is 11.5. The van der Waals surface area contributed by atoms with Crippen LogP contribution in [0, 0.1) is 20.8 Å². The SMILES string of the molecule is Cc1ccc(-c2nc(C)c(-c3nc(C4(N)CCC4)no3)s2)c(C)c1.Cl. The first-order valence-electron chi connectivity index (χ1n) is 8.15. The molecule has 1 fully saturated rings. The molecule has 4 rings (SSSR count). The smallest absolute Gasteiger partial charge is 0.270 e. The Hall–Kier alpha value is -1.76. The predicted molar refractivity (Wildman–Crippen MR) is 102 cm³/mol. The van der Waals surface area contributed by atoms with E-state index in [0.717, 1.165) is 40.4 Å². The van der Waals surface area contributed by atoms with Crippen molar-refractivity contribution in [1.82, 2.24) is 15.1 Å². The van der Waals surface area contributed by atoms with E-state index < -0.39 is 5.54 Å². The maximum Gasteiger partial charge on any atom is 0.270 e. The van der Waals surface area contributed by atoms with E-state index in [-0.39, 0.29) is 12.4 Å². The second-order valence-corrected chi connectivity index (χ2v) is 7.68. The number of aromatic nitrogens is 3. The molecule has 2 heterocycles. The Morgan fingerprint density at radius 1 is 1.16 bits per heavy atom. The van der Waals surface area contributed by atoms with Gasteiger partial charge in [-0.3, -0.25) is 0 Å². The Morgan fingerprint density at radius 3 is 2.56 bits per heavy atom. The van der Waals surface area contributed by atoms with Crippen molar-refractivity contribution >= 4 is 23.7 Å². The summed E-state index contributed by atoms with van der Waals surface area (Å²) < 4.78 is 5.48. The third-order valence-corrected chi connectivity index (χ3v) is 5.90. The maximum absolute atomic E-state index is 6.29. The zero-order chi connectivity index (χ0) is 16.9. The van der Waals surface area contributed by atoms with Crippen molar-refractivity contribution in [3.8, 4) is 21.3 Å². The molecule has 25 heavy (non-hydrogen) atoms. The molecule has 0 atom stereocenters. The Bertz CT molecular complexity index is 914. The van der Waals surface area contributed by atoms with Gasteiger partial charge >= 0.3 is 0 Å². The summed E-state index contributed by atoms with van der Waals surface area (Å²) in [6, 6.07) is 6.40. The minimum Gasteiger partial charge on any atom is -0.333 e. The number of nitrogens with two attached hydrogens (primary N) is 1. The Morgan fingerprint density at radius 2 is 1.92 bits per heavy atom. The molecule has 0 unspecified atom stereocenters. The summed E-state index contributed by atoms with van der Waals surface area (Å²) >= 11 is 1.59. The fraction of sp³-hybridized carbons (Fsp3) is 0.389. The van der Waals surface area contributed by atoms with Crippen molar-refractivity contribution in [1.29, 1.82) is 0 Å². The lowest BCUT2D eigenvalue weighted by Crippen LogP contribution is -2.44. The molecule has 0 spiro atoms. The highest BCUT2D eigenvalue weighted by molar-refractivity contribution is 7.18. The van der Waals surface area contributed by atoms with Gasteiger partial charge in [-0.2, -0.15) is 4.98 Å². The number of hydrogen-bond acceptors (Lipinski definition) is 6. The third-order valence-electron chi connectivity index (χ3n) is 4.72. The Labute approximate surface area is 157 Å². The van der Waals surface area contributed by atoms with Crippen LogP contribution in [0.15, 0.2) is 22.7 Å². The van der Waals surface area contributed by atoms with Gasteiger partial charge in [-0.1, -0.05) is 28.9 Å². The average molecular weight is 377 g/mol. The van der Waals surface area contributed by atoms with Crippen LogP contribution < -0.4 is 5.73 Å².